The molecule has 2 fully saturated rings. The molecule has 2 unspecified atom stereocenters. The number of nitrogens with zero attached hydrogens (tertiary/aromatic N) is 1. The molecule has 1 aromatic carbocycles. The van der Waals surface area contributed by atoms with Crippen molar-refractivity contribution in [3.63, 3.8) is 0 Å². The Morgan fingerprint density at radius 3 is 2.47 bits per heavy atom. The van der Waals surface area contributed by atoms with Gasteiger partial charge in [-0.2, -0.15) is 0 Å². The van der Waals surface area contributed by atoms with Crippen LogP contribution in [0.4, 0.5) is 0 Å². The molecule has 15 heavy (non-hydrogen) atoms. The molecule has 1 aliphatic heterocycles. The summed E-state index contributed by atoms with van der Waals surface area (Å²) in [5.74, 6) is 0.817. The van der Waals surface area contributed by atoms with Crippen molar-refractivity contribution in [1.29, 1.82) is 0 Å². The van der Waals surface area contributed by atoms with Gasteiger partial charge in [-0.3, -0.25) is 0 Å². The number of rotatable bonds is 1. The Morgan fingerprint density at radius 2 is 1.93 bits per heavy atom. The van der Waals surface area contributed by atoms with Crippen molar-refractivity contribution in [1.82, 2.24) is 4.90 Å². The minimum Gasteiger partial charge on any atom is -0.305 e. The standard InChI is InChI=1S/C12H13Cl2N/c1-15-6-9-5-12(9,7-15)8-2-10(13)4-11(14)3-8/h2-4,9H,5-7H2,1H3. The first kappa shape index (κ1) is 9.95. The lowest BCUT2D eigenvalue weighted by Crippen LogP contribution is -2.22. The van der Waals surface area contributed by atoms with Gasteiger partial charge in [-0.1, -0.05) is 23.2 Å². The topological polar surface area (TPSA) is 3.24 Å². The number of fused-ring (bicyclic) bond motifs is 1. The molecule has 1 heterocycles. The van der Waals surface area contributed by atoms with Gasteiger partial charge in [0, 0.05) is 28.5 Å². The van der Waals surface area contributed by atoms with Gasteiger partial charge in [0.1, 0.15) is 0 Å². The van der Waals surface area contributed by atoms with Crippen LogP contribution in [0.5, 0.6) is 0 Å². The Kier molecular flexibility index (Phi) is 2.08. The summed E-state index contributed by atoms with van der Waals surface area (Å²) in [5.41, 5.74) is 1.69. The summed E-state index contributed by atoms with van der Waals surface area (Å²) in [6.45, 7) is 2.36. The third-order valence-electron chi connectivity index (χ3n) is 3.75. The largest absolute Gasteiger partial charge is 0.305 e. The highest BCUT2D eigenvalue weighted by Gasteiger charge is 2.59. The maximum atomic E-state index is 6.05. The molecule has 3 rings (SSSR count). The molecule has 0 N–H and O–H groups in total. The third kappa shape index (κ3) is 1.49. The summed E-state index contributed by atoms with van der Waals surface area (Å²) in [7, 11) is 2.18. The lowest BCUT2D eigenvalue weighted by Gasteiger charge is -2.17. The van der Waals surface area contributed by atoms with Gasteiger partial charge in [0.05, 0.1) is 0 Å². The van der Waals surface area contributed by atoms with E-state index in [1.54, 1.807) is 6.07 Å². The predicted molar refractivity (Wildman–Crippen MR) is 63.7 cm³/mol. The van der Waals surface area contributed by atoms with Crippen LogP contribution in [0.25, 0.3) is 0 Å². The zero-order valence-electron chi connectivity index (χ0n) is 8.63. The van der Waals surface area contributed by atoms with Gasteiger partial charge in [0.15, 0.2) is 0 Å². The maximum Gasteiger partial charge on any atom is 0.0423 e. The third-order valence-corrected chi connectivity index (χ3v) is 4.19. The Hall–Kier alpha value is -0.240. The van der Waals surface area contributed by atoms with Gasteiger partial charge in [-0.25, -0.2) is 0 Å². The minimum absolute atomic E-state index is 0.364. The highest BCUT2D eigenvalue weighted by Crippen LogP contribution is 2.59. The number of hydrogen-bond acceptors (Lipinski definition) is 1. The van der Waals surface area contributed by atoms with Crippen molar-refractivity contribution >= 4 is 23.2 Å². The molecule has 1 saturated heterocycles. The first-order valence-corrected chi connectivity index (χ1v) is 6.01. The van der Waals surface area contributed by atoms with Crippen LogP contribution < -0.4 is 0 Å². The van der Waals surface area contributed by atoms with Crippen LogP contribution in [0.2, 0.25) is 10.0 Å². The molecule has 3 heteroatoms. The van der Waals surface area contributed by atoms with Crippen molar-refractivity contribution < 1.29 is 0 Å². The number of hydrogen-bond donors (Lipinski definition) is 0. The van der Waals surface area contributed by atoms with Gasteiger partial charge in [-0.05, 0) is 43.1 Å². The summed E-state index contributed by atoms with van der Waals surface area (Å²) in [4.78, 5) is 2.39. The van der Waals surface area contributed by atoms with Crippen LogP contribution >= 0.6 is 23.2 Å². The van der Waals surface area contributed by atoms with E-state index in [1.165, 1.54) is 18.5 Å². The summed E-state index contributed by atoms with van der Waals surface area (Å²) in [6, 6.07) is 5.96. The lowest BCUT2D eigenvalue weighted by atomic mass is 9.95. The average Bonchev–Trinajstić information content (AvgIpc) is 2.69. The van der Waals surface area contributed by atoms with Crippen LogP contribution in [-0.2, 0) is 5.41 Å². The van der Waals surface area contributed by atoms with Crippen LogP contribution in [0.1, 0.15) is 12.0 Å². The second-order valence-corrected chi connectivity index (χ2v) is 5.78. The summed E-state index contributed by atoms with van der Waals surface area (Å²) in [6.07, 6.45) is 1.30. The lowest BCUT2D eigenvalue weighted by molar-refractivity contribution is 0.363. The summed E-state index contributed by atoms with van der Waals surface area (Å²) < 4.78 is 0. The monoisotopic (exact) mass is 241 g/mol. The zero-order valence-corrected chi connectivity index (χ0v) is 10.1. The molecule has 2 atom stereocenters. The van der Waals surface area contributed by atoms with Crippen LogP contribution in [-0.4, -0.2) is 25.0 Å². The van der Waals surface area contributed by atoms with Crippen molar-refractivity contribution in [3.05, 3.63) is 33.8 Å². The molecular weight excluding hydrogens is 229 g/mol. The van der Waals surface area contributed by atoms with E-state index in [1.807, 2.05) is 0 Å². The van der Waals surface area contributed by atoms with Gasteiger partial charge in [0.2, 0.25) is 0 Å². The fourth-order valence-electron chi connectivity index (χ4n) is 3.02. The molecular formula is C12H13Cl2N. The van der Waals surface area contributed by atoms with E-state index >= 15 is 0 Å². The quantitative estimate of drug-likeness (QED) is 0.731. The molecule has 2 aliphatic rings. The number of likely N-dealkylation sites (tertiary alicyclic amines) is 1. The van der Waals surface area contributed by atoms with Crippen molar-refractivity contribution in [2.45, 2.75) is 11.8 Å². The number of benzene rings is 1. The van der Waals surface area contributed by atoms with Gasteiger partial charge in [-0.15, -0.1) is 0 Å². The van der Waals surface area contributed by atoms with Gasteiger partial charge in [0.25, 0.3) is 0 Å². The smallest absolute Gasteiger partial charge is 0.0423 e. The fourth-order valence-corrected chi connectivity index (χ4v) is 3.55. The molecule has 80 valence electrons. The molecule has 1 nitrogen and oxygen atoms in total. The van der Waals surface area contributed by atoms with Crippen LogP contribution in [0.15, 0.2) is 18.2 Å². The molecule has 1 saturated carbocycles. The second kappa shape index (κ2) is 3.13. The van der Waals surface area contributed by atoms with Crippen molar-refractivity contribution in [3.8, 4) is 0 Å². The molecule has 0 bridgehead atoms. The maximum absolute atomic E-state index is 6.05. The first-order valence-electron chi connectivity index (χ1n) is 5.25. The molecule has 0 aromatic heterocycles. The predicted octanol–water partition coefficient (Wildman–Crippen LogP) is 3.20. The van der Waals surface area contributed by atoms with Crippen LogP contribution in [0.3, 0.4) is 0 Å². The number of halogens is 2. The average molecular weight is 242 g/mol. The SMILES string of the molecule is CN1CC2CC2(c2cc(Cl)cc(Cl)c2)C1. The second-order valence-electron chi connectivity index (χ2n) is 4.91. The first-order chi connectivity index (χ1) is 7.10. The van der Waals surface area contributed by atoms with E-state index in [-0.39, 0.29) is 0 Å². The van der Waals surface area contributed by atoms with E-state index in [0.29, 0.717) is 5.41 Å². The zero-order chi connectivity index (χ0) is 10.6. The van der Waals surface area contributed by atoms with E-state index in [0.717, 1.165) is 22.5 Å². The Bertz CT molecular complexity index is 398. The van der Waals surface area contributed by atoms with Crippen LogP contribution in [0, 0.1) is 5.92 Å². The normalized spacial score (nSPS) is 34.2. The highest BCUT2D eigenvalue weighted by atomic mass is 35.5. The van der Waals surface area contributed by atoms with Crippen molar-refractivity contribution in [2.75, 3.05) is 20.1 Å². The Labute approximate surface area is 100.0 Å². The Balaban J connectivity index is 2.00. The highest BCUT2D eigenvalue weighted by molar-refractivity contribution is 6.34. The summed E-state index contributed by atoms with van der Waals surface area (Å²) >= 11 is 12.1. The number of piperidine rings is 1. The van der Waals surface area contributed by atoms with Crippen molar-refractivity contribution in [2.24, 2.45) is 5.92 Å². The van der Waals surface area contributed by atoms with E-state index < -0.39 is 0 Å². The summed E-state index contributed by atoms with van der Waals surface area (Å²) in [5, 5.41) is 1.51. The molecule has 0 amide bonds. The molecule has 1 aliphatic carbocycles. The van der Waals surface area contributed by atoms with Gasteiger partial charge < -0.3 is 4.90 Å². The molecule has 0 spiro atoms. The molecule has 0 radical (unpaired) electrons. The minimum atomic E-state index is 0.364. The van der Waals surface area contributed by atoms with E-state index in [4.69, 9.17) is 23.2 Å². The number of likely N-dealkylation sites (N-methyl/N-ethyl adjacent to an activating group) is 1. The Morgan fingerprint density at radius 1 is 1.27 bits per heavy atom. The van der Waals surface area contributed by atoms with Gasteiger partial charge >= 0.3 is 0 Å². The molecule has 1 aromatic rings. The fraction of sp³-hybridized carbons (Fsp3) is 0.500. The van der Waals surface area contributed by atoms with E-state index in [9.17, 15) is 0 Å². The van der Waals surface area contributed by atoms with E-state index in [2.05, 4.69) is 24.1 Å².